The summed E-state index contributed by atoms with van der Waals surface area (Å²) >= 11 is 0. The van der Waals surface area contributed by atoms with Crippen LogP contribution in [0.5, 0.6) is 0 Å². The molecule has 0 aliphatic rings. The van der Waals surface area contributed by atoms with Crippen molar-refractivity contribution in [3.8, 4) is 11.5 Å². The number of nitrogens with zero attached hydrogens (tertiary/aromatic N) is 3. The fourth-order valence-electron chi connectivity index (χ4n) is 1.93. The van der Waals surface area contributed by atoms with E-state index in [1.54, 1.807) is 6.20 Å². The normalized spacial score (nSPS) is 10.8. The first-order valence-electron chi connectivity index (χ1n) is 5.67. The fourth-order valence-corrected chi connectivity index (χ4v) is 1.93. The molecule has 0 atom stereocenters. The minimum absolute atomic E-state index is 0.150. The summed E-state index contributed by atoms with van der Waals surface area (Å²) in [6.07, 6.45) is 3.10. The van der Waals surface area contributed by atoms with E-state index in [4.69, 9.17) is 5.11 Å². The number of carboxylic acids is 1. The number of aromatic amines is 1. The second kappa shape index (κ2) is 4.16. The number of carboxylic acid groups (broad SMARTS) is 1. The maximum atomic E-state index is 11.1. The summed E-state index contributed by atoms with van der Waals surface area (Å²) in [5.74, 6) is -0.491. The smallest absolute Gasteiger partial charge is 0.338 e. The lowest BCUT2D eigenvalue weighted by molar-refractivity contribution is 0.0699. The number of pyridine rings is 2. The van der Waals surface area contributed by atoms with Gasteiger partial charge >= 0.3 is 5.97 Å². The molecule has 0 unspecified atom stereocenters. The van der Waals surface area contributed by atoms with Crippen LogP contribution in [-0.2, 0) is 0 Å². The van der Waals surface area contributed by atoms with E-state index in [0.29, 0.717) is 22.7 Å². The molecule has 19 heavy (non-hydrogen) atoms. The largest absolute Gasteiger partial charge is 0.478 e. The van der Waals surface area contributed by atoms with Gasteiger partial charge in [-0.05, 0) is 24.6 Å². The van der Waals surface area contributed by atoms with E-state index in [-0.39, 0.29) is 5.56 Å². The van der Waals surface area contributed by atoms with Gasteiger partial charge in [0.2, 0.25) is 0 Å². The molecular weight excluding hydrogens is 244 g/mol. The number of aryl methyl sites for hydroxylation is 1. The third-order valence-electron chi connectivity index (χ3n) is 2.86. The van der Waals surface area contributed by atoms with Gasteiger partial charge < -0.3 is 10.1 Å². The number of aromatic carboxylic acids is 1. The van der Waals surface area contributed by atoms with E-state index in [2.05, 4.69) is 19.9 Å². The van der Waals surface area contributed by atoms with E-state index in [9.17, 15) is 4.79 Å². The first-order chi connectivity index (χ1) is 9.16. The molecule has 2 N–H and O–H groups in total. The van der Waals surface area contributed by atoms with Crippen molar-refractivity contribution in [3.05, 3.63) is 41.7 Å². The highest BCUT2D eigenvalue weighted by Crippen LogP contribution is 2.22. The summed E-state index contributed by atoms with van der Waals surface area (Å²) in [6.45, 7) is 1.92. The lowest BCUT2D eigenvalue weighted by Gasteiger charge is -1.99. The van der Waals surface area contributed by atoms with Gasteiger partial charge in [0.25, 0.3) is 0 Å². The number of carbonyl (C=O) groups is 1. The number of nitrogens with one attached hydrogen (secondary N) is 1. The van der Waals surface area contributed by atoms with Crippen molar-refractivity contribution in [3.63, 3.8) is 0 Å². The van der Waals surface area contributed by atoms with Crippen LogP contribution in [-0.4, -0.2) is 31.0 Å². The molecule has 94 valence electrons. The van der Waals surface area contributed by atoms with E-state index in [0.717, 1.165) is 5.56 Å². The van der Waals surface area contributed by atoms with Crippen LogP contribution in [0.25, 0.3) is 22.7 Å². The van der Waals surface area contributed by atoms with E-state index in [1.807, 2.05) is 19.1 Å². The molecule has 0 radical (unpaired) electrons. The van der Waals surface area contributed by atoms with E-state index < -0.39 is 5.97 Å². The Bertz CT molecular complexity index is 779. The van der Waals surface area contributed by atoms with Crippen LogP contribution in [0.2, 0.25) is 0 Å². The zero-order valence-corrected chi connectivity index (χ0v) is 10.1. The van der Waals surface area contributed by atoms with Crippen LogP contribution in [0.3, 0.4) is 0 Å². The fraction of sp³-hybridized carbons (Fsp3) is 0.0769. The average Bonchev–Trinajstić information content (AvgIpc) is 2.82. The van der Waals surface area contributed by atoms with Crippen molar-refractivity contribution in [1.29, 1.82) is 0 Å². The molecule has 0 spiro atoms. The zero-order chi connectivity index (χ0) is 13.4. The quantitative estimate of drug-likeness (QED) is 0.730. The molecule has 0 bridgehead atoms. The van der Waals surface area contributed by atoms with Gasteiger partial charge in [-0.25, -0.2) is 14.8 Å². The highest BCUT2D eigenvalue weighted by Gasteiger charge is 2.15. The summed E-state index contributed by atoms with van der Waals surface area (Å²) in [7, 11) is 0. The molecule has 0 aliphatic carbocycles. The number of aromatic nitrogens is 4. The number of H-pyrrole nitrogens is 1. The second-order valence-corrected chi connectivity index (χ2v) is 4.12. The number of fused-ring (bicyclic) bond motifs is 1. The molecule has 6 nitrogen and oxygen atoms in total. The monoisotopic (exact) mass is 254 g/mol. The first-order valence-corrected chi connectivity index (χ1v) is 5.67. The third-order valence-corrected chi connectivity index (χ3v) is 2.86. The van der Waals surface area contributed by atoms with Gasteiger partial charge in [-0.1, -0.05) is 6.07 Å². The molecule has 3 heterocycles. The van der Waals surface area contributed by atoms with Gasteiger partial charge in [0.15, 0.2) is 11.5 Å². The van der Waals surface area contributed by atoms with Crippen molar-refractivity contribution in [1.82, 2.24) is 19.9 Å². The van der Waals surface area contributed by atoms with Crippen molar-refractivity contribution in [2.24, 2.45) is 0 Å². The van der Waals surface area contributed by atoms with Crippen LogP contribution in [0.15, 0.2) is 30.6 Å². The Morgan fingerprint density at radius 2 is 2.11 bits per heavy atom. The van der Waals surface area contributed by atoms with E-state index >= 15 is 0 Å². The SMILES string of the molecule is Cc1cccnc1-c1nc2nccc(C(=O)O)c2[nH]1. The average molecular weight is 254 g/mol. The molecule has 6 heteroatoms. The van der Waals surface area contributed by atoms with Gasteiger partial charge in [0.05, 0.1) is 11.1 Å². The second-order valence-electron chi connectivity index (χ2n) is 4.12. The van der Waals surface area contributed by atoms with Gasteiger partial charge in [-0.15, -0.1) is 0 Å². The van der Waals surface area contributed by atoms with Crippen LogP contribution >= 0.6 is 0 Å². The van der Waals surface area contributed by atoms with Crippen molar-refractivity contribution < 1.29 is 9.90 Å². The minimum atomic E-state index is -1.01. The Kier molecular flexibility index (Phi) is 2.49. The Balaban J connectivity index is 2.26. The molecule has 0 fully saturated rings. The molecule has 0 aliphatic heterocycles. The summed E-state index contributed by atoms with van der Waals surface area (Å²) in [5.41, 5.74) is 2.59. The van der Waals surface area contributed by atoms with Gasteiger partial charge in [0, 0.05) is 12.4 Å². The summed E-state index contributed by atoms with van der Waals surface area (Å²) in [6, 6.07) is 5.20. The number of rotatable bonds is 2. The van der Waals surface area contributed by atoms with Crippen molar-refractivity contribution >= 4 is 17.1 Å². The van der Waals surface area contributed by atoms with Gasteiger partial charge in [-0.2, -0.15) is 0 Å². The van der Waals surface area contributed by atoms with Crippen LogP contribution in [0.4, 0.5) is 0 Å². The molecule has 3 aromatic rings. The minimum Gasteiger partial charge on any atom is -0.478 e. The predicted molar refractivity (Wildman–Crippen MR) is 68.8 cm³/mol. The highest BCUT2D eigenvalue weighted by atomic mass is 16.4. The molecule has 3 aromatic heterocycles. The lowest BCUT2D eigenvalue weighted by atomic mass is 10.2. The summed E-state index contributed by atoms with van der Waals surface area (Å²) < 4.78 is 0. The maximum Gasteiger partial charge on any atom is 0.338 e. The summed E-state index contributed by atoms with van der Waals surface area (Å²) in [5, 5.41) is 9.13. The molecular formula is C13H10N4O2. The summed E-state index contributed by atoms with van der Waals surface area (Å²) in [4.78, 5) is 26.7. The molecule has 0 saturated carbocycles. The highest BCUT2D eigenvalue weighted by molar-refractivity contribution is 6.00. The van der Waals surface area contributed by atoms with Crippen LogP contribution in [0.1, 0.15) is 15.9 Å². The van der Waals surface area contributed by atoms with Gasteiger partial charge in [-0.3, -0.25) is 4.98 Å². The lowest BCUT2D eigenvalue weighted by Crippen LogP contribution is -1.97. The van der Waals surface area contributed by atoms with Crippen LogP contribution in [0, 0.1) is 6.92 Å². The standard InChI is InChI=1S/C13H10N4O2/c1-7-3-2-5-14-9(7)12-16-10-8(13(18)19)4-6-15-11(10)17-12/h2-6H,1H3,(H,18,19)(H,15,16,17). The zero-order valence-electron chi connectivity index (χ0n) is 10.1. The van der Waals surface area contributed by atoms with Crippen molar-refractivity contribution in [2.75, 3.05) is 0 Å². The van der Waals surface area contributed by atoms with Crippen molar-refractivity contribution in [2.45, 2.75) is 6.92 Å². The topological polar surface area (TPSA) is 91.8 Å². The van der Waals surface area contributed by atoms with Gasteiger partial charge in [0.1, 0.15) is 5.69 Å². The molecule has 0 saturated heterocycles. The Labute approximate surface area is 108 Å². The molecule has 0 amide bonds. The van der Waals surface area contributed by atoms with Crippen LogP contribution < -0.4 is 0 Å². The third kappa shape index (κ3) is 1.83. The number of hydrogen-bond donors (Lipinski definition) is 2. The van der Waals surface area contributed by atoms with E-state index in [1.165, 1.54) is 12.3 Å². The number of hydrogen-bond acceptors (Lipinski definition) is 4. The Morgan fingerprint density at radius 1 is 1.26 bits per heavy atom. The molecule has 0 aromatic carbocycles. The Morgan fingerprint density at radius 3 is 2.84 bits per heavy atom. The maximum absolute atomic E-state index is 11.1. The first kappa shape index (κ1) is 11.3. The number of imidazole rings is 1. The predicted octanol–water partition coefficient (Wildman–Crippen LogP) is 2.03. The molecule has 3 rings (SSSR count). The Hall–Kier alpha value is -2.76.